The van der Waals surface area contributed by atoms with Crippen LogP contribution in [-0.4, -0.2) is 16.0 Å². The summed E-state index contributed by atoms with van der Waals surface area (Å²) in [6, 6.07) is 3.89. The Morgan fingerprint density at radius 2 is 1.87 bits per heavy atom. The van der Waals surface area contributed by atoms with Gasteiger partial charge in [0.15, 0.2) is 5.11 Å². The van der Waals surface area contributed by atoms with E-state index in [1.807, 2.05) is 12.1 Å². The van der Waals surface area contributed by atoms with E-state index in [1.54, 1.807) is 12.4 Å². The van der Waals surface area contributed by atoms with Crippen LogP contribution in [0.3, 0.4) is 0 Å². The maximum Gasteiger partial charge on any atom is 0.232 e. The van der Waals surface area contributed by atoms with Crippen molar-refractivity contribution in [2.75, 3.05) is 0 Å². The minimum absolute atomic E-state index is 0.144. The SMILES string of the molecule is O=C(NC(=S)NCc1cccnc1)C12CC3CC(CC(C3)C1)C2. The molecule has 0 spiro atoms. The molecule has 0 atom stereocenters. The van der Waals surface area contributed by atoms with Crippen LogP contribution in [0.2, 0.25) is 0 Å². The number of carbonyl (C=O) groups is 1. The molecule has 1 aromatic heterocycles. The Bertz CT molecular complexity index is 581. The van der Waals surface area contributed by atoms with Crippen molar-refractivity contribution in [1.29, 1.82) is 0 Å². The summed E-state index contributed by atoms with van der Waals surface area (Å²) >= 11 is 5.32. The van der Waals surface area contributed by atoms with Crippen molar-refractivity contribution in [2.45, 2.75) is 45.1 Å². The second kappa shape index (κ2) is 5.86. The van der Waals surface area contributed by atoms with Gasteiger partial charge < -0.3 is 10.6 Å². The van der Waals surface area contributed by atoms with Crippen LogP contribution >= 0.6 is 12.2 Å². The molecular formula is C18H23N3OS. The van der Waals surface area contributed by atoms with Crippen molar-refractivity contribution in [3.8, 4) is 0 Å². The number of rotatable bonds is 3. The standard InChI is InChI=1S/C18H23N3OS/c22-16(21-17(23)20-11-12-2-1-3-19-10-12)18-7-13-4-14(8-18)6-15(5-13)9-18/h1-3,10,13-15H,4-9,11H2,(H2,20,21,22,23). The molecule has 23 heavy (non-hydrogen) atoms. The van der Waals surface area contributed by atoms with Gasteiger partial charge in [0.1, 0.15) is 0 Å². The van der Waals surface area contributed by atoms with Crippen LogP contribution in [0.15, 0.2) is 24.5 Å². The van der Waals surface area contributed by atoms with Crippen molar-refractivity contribution < 1.29 is 4.79 Å². The summed E-state index contributed by atoms with van der Waals surface area (Å²) < 4.78 is 0. The van der Waals surface area contributed by atoms with Gasteiger partial charge in [0.2, 0.25) is 5.91 Å². The maximum absolute atomic E-state index is 12.9. The largest absolute Gasteiger partial charge is 0.358 e. The number of carbonyl (C=O) groups excluding carboxylic acids is 1. The molecule has 1 aromatic rings. The number of thiocarbonyl (C=S) groups is 1. The minimum atomic E-state index is -0.144. The van der Waals surface area contributed by atoms with Crippen molar-refractivity contribution in [3.05, 3.63) is 30.1 Å². The van der Waals surface area contributed by atoms with Crippen molar-refractivity contribution >= 4 is 23.2 Å². The average Bonchev–Trinajstić information content (AvgIpc) is 2.52. The van der Waals surface area contributed by atoms with Crippen LogP contribution in [0.25, 0.3) is 0 Å². The third-order valence-electron chi connectivity index (χ3n) is 5.92. The summed E-state index contributed by atoms with van der Waals surface area (Å²) in [5.74, 6) is 2.46. The number of amides is 1. The lowest BCUT2D eigenvalue weighted by Crippen LogP contribution is -2.55. The quantitative estimate of drug-likeness (QED) is 0.837. The second-order valence-electron chi connectivity index (χ2n) is 7.70. The zero-order valence-electron chi connectivity index (χ0n) is 13.3. The highest BCUT2D eigenvalue weighted by Crippen LogP contribution is 2.60. The monoisotopic (exact) mass is 329 g/mol. The number of aromatic nitrogens is 1. The van der Waals surface area contributed by atoms with Crippen molar-refractivity contribution in [2.24, 2.45) is 23.2 Å². The van der Waals surface area contributed by atoms with Crippen LogP contribution in [0.1, 0.15) is 44.1 Å². The zero-order chi connectivity index (χ0) is 15.9. The summed E-state index contributed by atoms with van der Waals surface area (Å²) in [7, 11) is 0. The fraction of sp³-hybridized carbons (Fsp3) is 0.611. The molecule has 4 aliphatic rings. The molecule has 0 radical (unpaired) electrons. The molecule has 0 aromatic carbocycles. The first kappa shape index (κ1) is 15.1. The third-order valence-corrected chi connectivity index (χ3v) is 6.17. The molecule has 4 saturated carbocycles. The first-order chi connectivity index (χ1) is 11.1. The van der Waals surface area contributed by atoms with E-state index < -0.39 is 0 Å². The number of hydrogen-bond donors (Lipinski definition) is 2. The Hall–Kier alpha value is -1.49. The van der Waals surface area contributed by atoms with Crippen molar-refractivity contribution in [1.82, 2.24) is 15.6 Å². The van der Waals surface area contributed by atoms with Gasteiger partial charge in [-0.1, -0.05) is 6.07 Å². The van der Waals surface area contributed by atoms with Gasteiger partial charge in [0, 0.05) is 18.9 Å². The lowest BCUT2D eigenvalue weighted by atomic mass is 9.49. The number of hydrogen-bond acceptors (Lipinski definition) is 3. The van der Waals surface area contributed by atoms with E-state index in [0.717, 1.165) is 42.6 Å². The molecule has 4 nitrogen and oxygen atoms in total. The molecule has 0 unspecified atom stereocenters. The van der Waals surface area contributed by atoms with Gasteiger partial charge >= 0.3 is 0 Å². The molecule has 4 bridgehead atoms. The normalized spacial score (nSPS) is 34.2. The van der Waals surface area contributed by atoms with E-state index in [1.165, 1.54) is 19.3 Å². The first-order valence-corrected chi connectivity index (χ1v) is 9.02. The van der Waals surface area contributed by atoms with Gasteiger partial charge in [-0.2, -0.15) is 0 Å². The summed E-state index contributed by atoms with van der Waals surface area (Å²) in [5, 5.41) is 6.53. The molecule has 4 aliphatic carbocycles. The van der Waals surface area contributed by atoms with Crippen molar-refractivity contribution in [3.63, 3.8) is 0 Å². The number of nitrogens with zero attached hydrogens (tertiary/aromatic N) is 1. The average molecular weight is 329 g/mol. The van der Waals surface area contributed by atoms with Gasteiger partial charge in [0.25, 0.3) is 0 Å². The smallest absolute Gasteiger partial charge is 0.232 e. The highest BCUT2D eigenvalue weighted by Gasteiger charge is 2.54. The molecule has 5 heteroatoms. The first-order valence-electron chi connectivity index (χ1n) is 8.61. The molecule has 1 heterocycles. The Morgan fingerprint density at radius 1 is 1.22 bits per heavy atom. The Labute approximate surface area is 142 Å². The Morgan fingerprint density at radius 3 is 2.43 bits per heavy atom. The second-order valence-corrected chi connectivity index (χ2v) is 8.10. The number of pyridine rings is 1. The maximum atomic E-state index is 12.9. The zero-order valence-corrected chi connectivity index (χ0v) is 14.1. The van der Waals surface area contributed by atoms with Crippen LogP contribution < -0.4 is 10.6 Å². The number of nitrogens with one attached hydrogen (secondary N) is 2. The van der Waals surface area contributed by atoms with E-state index in [0.29, 0.717) is 11.7 Å². The summed E-state index contributed by atoms with van der Waals surface area (Å²) in [6.45, 7) is 0.591. The minimum Gasteiger partial charge on any atom is -0.358 e. The molecule has 122 valence electrons. The predicted octanol–water partition coefficient (Wildman–Crippen LogP) is 2.79. The molecule has 0 aliphatic heterocycles. The summed E-state index contributed by atoms with van der Waals surface area (Å²) in [6.07, 6.45) is 10.8. The van der Waals surface area contributed by atoms with Gasteiger partial charge in [-0.05, 0) is 80.1 Å². The van der Waals surface area contributed by atoms with Gasteiger partial charge in [-0.3, -0.25) is 9.78 Å². The molecular weight excluding hydrogens is 306 g/mol. The molecule has 4 fully saturated rings. The lowest BCUT2D eigenvalue weighted by molar-refractivity contribution is -0.144. The Balaban J connectivity index is 1.35. The lowest BCUT2D eigenvalue weighted by Gasteiger charge is -2.55. The predicted molar refractivity (Wildman–Crippen MR) is 92.4 cm³/mol. The van der Waals surface area contributed by atoms with Gasteiger partial charge in [-0.25, -0.2) is 0 Å². The highest BCUT2D eigenvalue weighted by molar-refractivity contribution is 7.80. The van der Waals surface area contributed by atoms with Gasteiger partial charge in [-0.15, -0.1) is 0 Å². The van der Waals surface area contributed by atoms with E-state index in [9.17, 15) is 4.79 Å². The van der Waals surface area contributed by atoms with Crippen LogP contribution in [-0.2, 0) is 11.3 Å². The van der Waals surface area contributed by atoms with E-state index in [2.05, 4.69) is 15.6 Å². The van der Waals surface area contributed by atoms with Crippen LogP contribution in [0.5, 0.6) is 0 Å². The highest BCUT2D eigenvalue weighted by atomic mass is 32.1. The fourth-order valence-electron chi connectivity index (χ4n) is 5.35. The molecule has 0 saturated heterocycles. The van der Waals surface area contributed by atoms with E-state index in [-0.39, 0.29) is 11.3 Å². The van der Waals surface area contributed by atoms with Crippen LogP contribution in [0, 0.1) is 23.2 Å². The molecule has 2 N–H and O–H groups in total. The molecule has 1 amide bonds. The van der Waals surface area contributed by atoms with Crippen LogP contribution in [0.4, 0.5) is 0 Å². The molecule has 5 rings (SSSR count). The Kier molecular flexibility index (Phi) is 3.84. The summed E-state index contributed by atoms with van der Waals surface area (Å²) in [4.78, 5) is 16.9. The topological polar surface area (TPSA) is 54.0 Å². The van der Waals surface area contributed by atoms with E-state index in [4.69, 9.17) is 12.2 Å². The third kappa shape index (κ3) is 2.99. The fourth-order valence-corrected chi connectivity index (χ4v) is 5.52. The van der Waals surface area contributed by atoms with Gasteiger partial charge in [0.05, 0.1) is 5.41 Å². The summed E-state index contributed by atoms with van der Waals surface area (Å²) in [5.41, 5.74) is 0.910. The van der Waals surface area contributed by atoms with E-state index >= 15 is 0 Å².